The Morgan fingerprint density at radius 2 is 1.93 bits per heavy atom. The summed E-state index contributed by atoms with van der Waals surface area (Å²) in [4.78, 5) is 43.4. The van der Waals surface area contributed by atoms with E-state index in [4.69, 9.17) is 4.74 Å². The molecule has 1 aliphatic heterocycles. The van der Waals surface area contributed by atoms with Gasteiger partial charge in [0.15, 0.2) is 0 Å². The smallest absolute Gasteiger partial charge is 0.407 e. The molecule has 160 valence electrons. The molecular weight excluding hydrogens is 394 g/mol. The number of H-pyrrole nitrogens is 1. The zero-order valence-electron chi connectivity index (χ0n) is 17.8. The fraction of sp³-hybridized carbons (Fsp3) is 0.632. The summed E-state index contributed by atoms with van der Waals surface area (Å²) >= 11 is 1.49. The standard InChI is InChI=1S/C19H29N5O4S/c1-19(2,3)28-17(26)20-11-8-7-9-24(10-11)15-14(29-6)13-12(21-15)16(25)23(5)18(27)22(13)4/h11,21H,7-10H2,1-6H3,(H,20,26). The van der Waals surface area contributed by atoms with Crippen LogP contribution in [0.1, 0.15) is 33.6 Å². The first-order valence-electron chi connectivity index (χ1n) is 9.63. The van der Waals surface area contributed by atoms with Crippen LogP contribution in [0.15, 0.2) is 14.5 Å². The Balaban J connectivity index is 1.93. The molecule has 9 nitrogen and oxygen atoms in total. The number of nitrogens with one attached hydrogen (secondary N) is 2. The average Bonchev–Trinajstić information content (AvgIpc) is 3.03. The number of hydrogen-bond donors (Lipinski definition) is 2. The van der Waals surface area contributed by atoms with E-state index in [1.807, 2.05) is 27.0 Å². The lowest BCUT2D eigenvalue weighted by Gasteiger charge is -2.34. The zero-order valence-corrected chi connectivity index (χ0v) is 18.6. The van der Waals surface area contributed by atoms with Crippen LogP contribution in [0.25, 0.3) is 11.0 Å². The number of carbonyl (C=O) groups is 1. The Morgan fingerprint density at radius 3 is 2.55 bits per heavy atom. The van der Waals surface area contributed by atoms with Gasteiger partial charge in [0.05, 0.1) is 10.4 Å². The number of anilines is 1. The van der Waals surface area contributed by atoms with Crippen molar-refractivity contribution in [2.75, 3.05) is 24.2 Å². The summed E-state index contributed by atoms with van der Waals surface area (Å²) in [5, 5.41) is 2.94. The van der Waals surface area contributed by atoms with Crippen molar-refractivity contribution in [1.29, 1.82) is 0 Å². The molecule has 1 saturated heterocycles. The van der Waals surface area contributed by atoms with Gasteiger partial charge in [0.2, 0.25) is 0 Å². The predicted octanol–water partition coefficient (Wildman–Crippen LogP) is 1.78. The second-order valence-electron chi connectivity index (χ2n) is 8.37. The van der Waals surface area contributed by atoms with Crippen LogP contribution in [0, 0.1) is 0 Å². The molecule has 0 spiro atoms. The molecule has 0 saturated carbocycles. The van der Waals surface area contributed by atoms with E-state index in [1.165, 1.54) is 23.4 Å². The maximum atomic E-state index is 12.6. The van der Waals surface area contributed by atoms with Crippen LogP contribution in [0.3, 0.4) is 0 Å². The molecule has 1 fully saturated rings. The second-order valence-corrected chi connectivity index (χ2v) is 9.18. The molecule has 29 heavy (non-hydrogen) atoms. The van der Waals surface area contributed by atoms with E-state index in [1.54, 1.807) is 7.05 Å². The molecule has 10 heteroatoms. The number of nitrogens with zero attached hydrogens (tertiary/aromatic N) is 3. The molecule has 3 heterocycles. The Bertz CT molecular complexity index is 1050. The molecule has 2 aromatic heterocycles. The lowest BCUT2D eigenvalue weighted by atomic mass is 10.1. The molecule has 0 aromatic carbocycles. The van der Waals surface area contributed by atoms with Crippen molar-refractivity contribution in [3.8, 4) is 0 Å². The Morgan fingerprint density at radius 1 is 1.24 bits per heavy atom. The van der Waals surface area contributed by atoms with Gasteiger partial charge in [-0.2, -0.15) is 0 Å². The number of thioether (sulfide) groups is 1. The SMILES string of the molecule is CSc1c(N2CCCC(NC(=O)OC(C)(C)C)C2)[nH]c2c(=O)n(C)c(=O)n(C)c12. The molecule has 1 amide bonds. The number of hydrogen-bond acceptors (Lipinski definition) is 6. The maximum absolute atomic E-state index is 12.6. The van der Waals surface area contributed by atoms with Crippen molar-refractivity contribution in [2.24, 2.45) is 14.1 Å². The number of alkyl carbamates (subject to hydrolysis) is 1. The van der Waals surface area contributed by atoms with Crippen LogP contribution in [-0.4, -0.2) is 51.2 Å². The molecule has 0 radical (unpaired) electrons. The summed E-state index contributed by atoms with van der Waals surface area (Å²) in [6.45, 7) is 6.88. The number of rotatable bonds is 3. The third-order valence-corrected chi connectivity index (χ3v) is 5.80. The van der Waals surface area contributed by atoms with Gasteiger partial charge in [-0.15, -0.1) is 11.8 Å². The predicted molar refractivity (Wildman–Crippen MR) is 115 cm³/mol. The number of aromatic amines is 1. The fourth-order valence-corrected chi connectivity index (χ4v) is 4.50. The van der Waals surface area contributed by atoms with Gasteiger partial charge >= 0.3 is 11.8 Å². The van der Waals surface area contributed by atoms with Gasteiger partial charge in [-0.1, -0.05) is 0 Å². The molecule has 1 unspecified atom stereocenters. The maximum Gasteiger partial charge on any atom is 0.407 e. The van der Waals surface area contributed by atoms with E-state index in [-0.39, 0.29) is 17.3 Å². The quantitative estimate of drug-likeness (QED) is 0.730. The van der Waals surface area contributed by atoms with Crippen molar-refractivity contribution in [2.45, 2.75) is 50.2 Å². The van der Waals surface area contributed by atoms with Crippen molar-refractivity contribution < 1.29 is 9.53 Å². The number of ether oxygens (including phenoxy) is 1. The minimum absolute atomic E-state index is 0.0635. The van der Waals surface area contributed by atoms with E-state index < -0.39 is 11.7 Å². The largest absolute Gasteiger partial charge is 0.444 e. The number of piperidine rings is 1. The second kappa shape index (κ2) is 7.81. The van der Waals surface area contributed by atoms with Gasteiger partial charge in [0.25, 0.3) is 5.56 Å². The summed E-state index contributed by atoms with van der Waals surface area (Å²) in [5.74, 6) is 0.807. The van der Waals surface area contributed by atoms with Crippen LogP contribution >= 0.6 is 11.8 Å². The van der Waals surface area contributed by atoms with Gasteiger partial charge in [0, 0.05) is 33.2 Å². The van der Waals surface area contributed by atoms with Crippen molar-refractivity contribution in [3.63, 3.8) is 0 Å². The van der Waals surface area contributed by atoms with Crippen LogP contribution < -0.4 is 21.5 Å². The number of aromatic nitrogens is 3. The molecule has 3 rings (SSSR count). The highest BCUT2D eigenvalue weighted by Gasteiger charge is 2.28. The van der Waals surface area contributed by atoms with E-state index in [0.29, 0.717) is 17.6 Å². The minimum Gasteiger partial charge on any atom is -0.444 e. The van der Waals surface area contributed by atoms with Crippen LogP contribution in [0.2, 0.25) is 0 Å². The first-order chi connectivity index (χ1) is 13.5. The number of amides is 1. The molecule has 1 atom stereocenters. The normalized spacial score (nSPS) is 17.6. The summed E-state index contributed by atoms with van der Waals surface area (Å²) < 4.78 is 7.98. The molecule has 2 N–H and O–H groups in total. The highest BCUT2D eigenvalue weighted by atomic mass is 32.2. The Kier molecular flexibility index (Phi) is 5.75. The fourth-order valence-electron chi connectivity index (χ4n) is 3.70. The van der Waals surface area contributed by atoms with Gasteiger partial charge in [0.1, 0.15) is 16.9 Å². The monoisotopic (exact) mass is 423 g/mol. The number of fused-ring (bicyclic) bond motifs is 1. The highest BCUT2D eigenvalue weighted by molar-refractivity contribution is 7.99. The zero-order chi connectivity index (χ0) is 21.5. The lowest BCUT2D eigenvalue weighted by molar-refractivity contribution is 0.0500. The summed E-state index contributed by atoms with van der Waals surface area (Å²) in [6.07, 6.45) is 3.24. The third-order valence-electron chi connectivity index (χ3n) is 5.00. The van der Waals surface area contributed by atoms with Gasteiger partial charge in [-0.05, 0) is 39.9 Å². The third kappa shape index (κ3) is 4.17. The van der Waals surface area contributed by atoms with Crippen molar-refractivity contribution in [3.05, 3.63) is 20.8 Å². The average molecular weight is 424 g/mol. The van der Waals surface area contributed by atoms with E-state index in [9.17, 15) is 14.4 Å². The summed E-state index contributed by atoms with van der Waals surface area (Å²) in [7, 11) is 3.15. The van der Waals surface area contributed by atoms with E-state index >= 15 is 0 Å². The van der Waals surface area contributed by atoms with Crippen LogP contribution in [0.5, 0.6) is 0 Å². The van der Waals surface area contributed by atoms with Gasteiger partial charge < -0.3 is 19.9 Å². The number of carbonyl (C=O) groups excluding carboxylic acids is 1. The topological polar surface area (TPSA) is 101 Å². The minimum atomic E-state index is -0.549. The first kappa shape index (κ1) is 21.4. The molecule has 0 aliphatic carbocycles. The Hall–Kier alpha value is -2.36. The molecule has 2 aromatic rings. The highest BCUT2D eigenvalue weighted by Crippen LogP contribution is 2.35. The van der Waals surface area contributed by atoms with Crippen molar-refractivity contribution in [1.82, 2.24) is 19.4 Å². The Labute approximate surface area is 173 Å². The molecular formula is C19H29N5O4S. The van der Waals surface area contributed by atoms with Gasteiger partial charge in [-0.3, -0.25) is 13.9 Å². The van der Waals surface area contributed by atoms with E-state index in [0.717, 1.165) is 34.7 Å². The lowest BCUT2D eigenvalue weighted by Crippen LogP contribution is -2.49. The van der Waals surface area contributed by atoms with Crippen molar-refractivity contribution >= 4 is 34.7 Å². The van der Waals surface area contributed by atoms with Crippen LogP contribution in [0.4, 0.5) is 10.6 Å². The number of aryl methyl sites for hydroxylation is 1. The first-order valence-corrected chi connectivity index (χ1v) is 10.9. The summed E-state index contributed by atoms with van der Waals surface area (Å²) in [6, 6.07) is -0.0635. The molecule has 0 bridgehead atoms. The molecule has 1 aliphatic rings. The van der Waals surface area contributed by atoms with Crippen LogP contribution in [-0.2, 0) is 18.8 Å². The van der Waals surface area contributed by atoms with E-state index in [2.05, 4.69) is 15.2 Å². The summed E-state index contributed by atoms with van der Waals surface area (Å²) in [5.41, 5.74) is -0.220. The van der Waals surface area contributed by atoms with Gasteiger partial charge in [-0.25, -0.2) is 9.59 Å².